The molecule has 1 unspecified atom stereocenters. The van der Waals surface area contributed by atoms with Crippen molar-refractivity contribution in [1.82, 2.24) is 0 Å². The van der Waals surface area contributed by atoms with Crippen LogP contribution in [0.5, 0.6) is 5.75 Å². The van der Waals surface area contributed by atoms with Crippen molar-refractivity contribution in [3.05, 3.63) is 22.7 Å². The van der Waals surface area contributed by atoms with Crippen LogP contribution in [0.1, 0.15) is 18.1 Å². The van der Waals surface area contributed by atoms with E-state index in [1.807, 2.05) is 0 Å². The van der Waals surface area contributed by atoms with Crippen LogP contribution in [-0.2, 0) is 4.65 Å². The second-order valence-corrected chi connectivity index (χ2v) is 4.45. The zero-order valence-electron chi connectivity index (χ0n) is 10.2. The highest BCUT2D eigenvalue weighted by molar-refractivity contribution is 6.62. The molecule has 1 aliphatic heterocycles. The minimum atomic E-state index is -1.02. The highest BCUT2D eigenvalue weighted by atomic mass is 35.5. The molecule has 1 atom stereocenters. The molecule has 0 bridgehead atoms. The molecule has 0 aromatic heterocycles. The van der Waals surface area contributed by atoms with Crippen LogP contribution >= 0.6 is 24.0 Å². The van der Waals surface area contributed by atoms with E-state index in [0.717, 1.165) is 5.56 Å². The van der Waals surface area contributed by atoms with E-state index in [2.05, 4.69) is 0 Å². The van der Waals surface area contributed by atoms with Crippen LogP contribution < -0.4 is 15.9 Å². The zero-order valence-corrected chi connectivity index (χ0v) is 11.8. The summed E-state index contributed by atoms with van der Waals surface area (Å²) in [4.78, 5) is 0. The quantitative estimate of drug-likeness (QED) is 0.536. The van der Waals surface area contributed by atoms with Gasteiger partial charge < -0.3 is 25.3 Å². The van der Waals surface area contributed by atoms with Crippen molar-refractivity contribution in [2.45, 2.75) is 12.5 Å². The number of benzene rings is 1. The van der Waals surface area contributed by atoms with Gasteiger partial charge in [-0.25, -0.2) is 0 Å². The molecule has 0 fully saturated rings. The third-order valence-electron chi connectivity index (χ3n) is 2.80. The summed E-state index contributed by atoms with van der Waals surface area (Å²) < 4.78 is 10.7. The van der Waals surface area contributed by atoms with Crippen molar-refractivity contribution in [1.29, 1.82) is 0 Å². The molecule has 2 rings (SSSR count). The highest BCUT2D eigenvalue weighted by Gasteiger charge is 2.36. The van der Waals surface area contributed by atoms with E-state index in [0.29, 0.717) is 29.3 Å². The SMILES string of the molecule is Cl.NCC1OB(O)c2cc(OCCCO)cc(Cl)c21. The molecule has 4 N–H and O–H groups in total. The van der Waals surface area contributed by atoms with Gasteiger partial charge in [0.05, 0.1) is 12.7 Å². The standard InChI is InChI=1S/C11H15BClNO4.ClH/c13-9-5-7(17-3-1-2-15)4-8-11(9)10(6-14)18-12(8)16;/h4-5,10,15-16H,1-3,6,14H2;1H. The molecule has 0 radical (unpaired) electrons. The summed E-state index contributed by atoms with van der Waals surface area (Å²) in [6.07, 6.45) is 0.160. The maximum absolute atomic E-state index is 9.77. The minimum Gasteiger partial charge on any atom is -0.493 e. The van der Waals surface area contributed by atoms with Gasteiger partial charge in [0, 0.05) is 24.6 Å². The second kappa shape index (κ2) is 7.33. The monoisotopic (exact) mass is 307 g/mol. The summed E-state index contributed by atoms with van der Waals surface area (Å²) in [5.41, 5.74) is 6.88. The number of aliphatic hydroxyl groups excluding tert-OH is 1. The molecule has 1 aromatic rings. The Bertz CT molecular complexity index is 435. The number of aliphatic hydroxyl groups is 1. The maximum atomic E-state index is 9.77. The lowest BCUT2D eigenvalue weighted by atomic mass is 9.79. The lowest BCUT2D eigenvalue weighted by Gasteiger charge is -2.12. The molecule has 1 aliphatic rings. The Morgan fingerprint density at radius 2 is 2.21 bits per heavy atom. The van der Waals surface area contributed by atoms with Gasteiger partial charge in [-0.2, -0.15) is 0 Å². The summed E-state index contributed by atoms with van der Waals surface area (Å²) in [7, 11) is -1.02. The van der Waals surface area contributed by atoms with Crippen LogP contribution in [0.25, 0.3) is 0 Å². The third kappa shape index (κ3) is 3.53. The molecule has 106 valence electrons. The van der Waals surface area contributed by atoms with E-state index in [4.69, 9.17) is 31.8 Å². The van der Waals surface area contributed by atoms with Crippen LogP contribution in [0, 0.1) is 0 Å². The van der Waals surface area contributed by atoms with E-state index in [-0.39, 0.29) is 31.7 Å². The number of hydrogen-bond donors (Lipinski definition) is 3. The average Bonchev–Trinajstić information content (AvgIpc) is 2.67. The van der Waals surface area contributed by atoms with Crippen molar-refractivity contribution in [2.75, 3.05) is 19.8 Å². The normalized spacial score (nSPS) is 17.1. The summed E-state index contributed by atoms with van der Waals surface area (Å²) in [6.45, 7) is 0.719. The first-order valence-corrected chi connectivity index (χ1v) is 6.15. The van der Waals surface area contributed by atoms with Crippen LogP contribution in [0.3, 0.4) is 0 Å². The fourth-order valence-electron chi connectivity index (χ4n) is 1.97. The Balaban J connectivity index is 0.00000180. The molecule has 5 nitrogen and oxygen atoms in total. The number of rotatable bonds is 5. The van der Waals surface area contributed by atoms with Gasteiger partial charge >= 0.3 is 7.12 Å². The summed E-state index contributed by atoms with van der Waals surface area (Å²) in [5, 5.41) is 18.9. The molecule has 19 heavy (non-hydrogen) atoms. The Morgan fingerprint density at radius 3 is 2.84 bits per heavy atom. The minimum absolute atomic E-state index is 0. The van der Waals surface area contributed by atoms with Crippen LogP contribution in [0.4, 0.5) is 0 Å². The van der Waals surface area contributed by atoms with E-state index in [9.17, 15) is 5.02 Å². The molecule has 0 spiro atoms. The number of hydrogen-bond acceptors (Lipinski definition) is 5. The van der Waals surface area contributed by atoms with E-state index >= 15 is 0 Å². The molecule has 0 aliphatic carbocycles. The summed E-state index contributed by atoms with van der Waals surface area (Å²) in [5.74, 6) is 0.549. The first-order chi connectivity index (χ1) is 8.67. The third-order valence-corrected chi connectivity index (χ3v) is 3.11. The van der Waals surface area contributed by atoms with Gasteiger partial charge in [0.1, 0.15) is 5.75 Å². The van der Waals surface area contributed by atoms with Crippen molar-refractivity contribution in [2.24, 2.45) is 5.73 Å². The van der Waals surface area contributed by atoms with Crippen LogP contribution in [-0.4, -0.2) is 37.0 Å². The molecular weight excluding hydrogens is 292 g/mol. The molecular formula is C11H16BCl2NO4. The number of nitrogens with two attached hydrogens (primary N) is 1. The smallest absolute Gasteiger partial charge is 0.492 e. The van der Waals surface area contributed by atoms with E-state index in [1.54, 1.807) is 12.1 Å². The lowest BCUT2D eigenvalue weighted by Crippen LogP contribution is -2.28. The van der Waals surface area contributed by atoms with E-state index in [1.165, 1.54) is 0 Å². The predicted octanol–water partition coefficient (Wildman–Crippen LogP) is 0.240. The second-order valence-electron chi connectivity index (χ2n) is 4.05. The fourth-order valence-corrected chi connectivity index (χ4v) is 2.30. The van der Waals surface area contributed by atoms with Crippen LogP contribution in [0.2, 0.25) is 5.02 Å². The van der Waals surface area contributed by atoms with Gasteiger partial charge in [-0.3, -0.25) is 0 Å². The van der Waals surface area contributed by atoms with E-state index < -0.39 is 7.12 Å². The van der Waals surface area contributed by atoms with Crippen molar-refractivity contribution < 1.29 is 19.5 Å². The summed E-state index contributed by atoms with van der Waals surface area (Å²) in [6, 6.07) is 3.36. The Morgan fingerprint density at radius 1 is 1.47 bits per heavy atom. The van der Waals surface area contributed by atoms with Crippen molar-refractivity contribution in [3.8, 4) is 5.75 Å². The molecule has 1 heterocycles. The Hall–Kier alpha value is -0.495. The van der Waals surface area contributed by atoms with Gasteiger partial charge in [0.15, 0.2) is 0 Å². The van der Waals surface area contributed by atoms with Crippen molar-refractivity contribution >= 4 is 36.6 Å². The molecule has 0 saturated carbocycles. The number of fused-ring (bicyclic) bond motifs is 1. The molecule has 8 heteroatoms. The maximum Gasteiger partial charge on any atom is 0.492 e. The van der Waals surface area contributed by atoms with Gasteiger partial charge in [0.2, 0.25) is 0 Å². The summed E-state index contributed by atoms with van der Waals surface area (Å²) >= 11 is 6.15. The zero-order chi connectivity index (χ0) is 13.1. The number of halogens is 2. The molecule has 0 saturated heterocycles. The Kier molecular flexibility index (Phi) is 6.39. The largest absolute Gasteiger partial charge is 0.493 e. The molecule has 1 aromatic carbocycles. The molecule has 0 amide bonds. The topological polar surface area (TPSA) is 84.9 Å². The number of ether oxygens (including phenoxy) is 1. The first kappa shape index (κ1) is 16.6. The first-order valence-electron chi connectivity index (χ1n) is 5.78. The van der Waals surface area contributed by atoms with Gasteiger partial charge in [0.25, 0.3) is 0 Å². The Labute approximate surface area is 123 Å². The van der Waals surface area contributed by atoms with Crippen LogP contribution in [0.15, 0.2) is 12.1 Å². The van der Waals surface area contributed by atoms with Crippen molar-refractivity contribution in [3.63, 3.8) is 0 Å². The predicted molar refractivity (Wildman–Crippen MR) is 76.4 cm³/mol. The fraction of sp³-hybridized carbons (Fsp3) is 0.455. The highest BCUT2D eigenvalue weighted by Crippen LogP contribution is 2.32. The average molecular weight is 308 g/mol. The van der Waals surface area contributed by atoms with Gasteiger partial charge in [-0.05, 0) is 23.2 Å². The van der Waals surface area contributed by atoms with Gasteiger partial charge in [-0.1, -0.05) is 11.6 Å². The van der Waals surface area contributed by atoms with Gasteiger partial charge in [-0.15, -0.1) is 12.4 Å². The lowest BCUT2D eigenvalue weighted by molar-refractivity contribution is 0.198.